The number of carbonyl (C=O) groups excluding carboxylic acids is 1. The zero-order valence-corrected chi connectivity index (χ0v) is 17.8. The van der Waals surface area contributed by atoms with E-state index in [0.717, 1.165) is 15.6 Å². The molecule has 0 bridgehead atoms. The summed E-state index contributed by atoms with van der Waals surface area (Å²) in [5.74, 6) is 0.529. The monoisotopic (exact) mass is 459 g/mol. The summed E-state index contributed by atoms with van der Waals surface area (Å²) in [6.45, 7) is 2.30. The maximum atomic E-state index is 12.6. The van der Waals surface area contributed by atoms with Crippen LogP contribution >= 0.6 is 27.5 Å². The lowest BCUT2D eigenvalue weighted by Crippen LogP contribution is -2.12. The highest BCUT2D eigenvalue weighted by Gasteiger charge is 2.16. The van der Waals surface area contributed by atoms with Crippen LogP contribution in [0.3, 0.4) is 0 Å². The molecular formula is C22H19BrClNO3. The molecule has 1 amide bonds. The van der Waals surface area contributed by atoms with Crippen LogP contribution in [-0.4, -0.2) is 13.0 Å². The molecule has 0 fully saturated rings. The largest absolute Gasteiger partial charge is 0.493 e. The molecule has 0 saturated heterocycles. The van der Waals surface area contributed by atoms with E-state index in [4.69, 9.17) is 21.1 Å². The number of hydrogen-bond donors (Lipinski definition) is 1. The molecule has 0 spiro atoms. The number of hydrogen-bond acceptors (Lipinski definition) is 3. The van der Waals surface area contributed by atoms with Crippen LogP contribution in [-0.2, 0) is 6.61 Å². The molecule has 6 heteroatoms. The Balaban J connectivity index is 1.79. The van der Waals surface area contributed by atoms with Crippen molar-refractivity contribution < 1.29 is 14.3 Å². The number of halogens is 2. The Kier molecular flexibility index (Phi) is 6.60. The van der Waals surface area contributed by atoms with Crippen molar-refractivity contribution >= 4 is 39.1 Å². The summed E-state index contributed by atoms with van der Waals surface area (Å²) < 4.78 is 12.2. The normalized spacial score (nSPS) is 10.4. The van der Waals surface area contributed by atoms with E-state index >= 15 is 0 Å². The van der Waals surface area contributed by atoms with Crippen LogP contribution in [0.4, 0.5) is 5.69 Å². The van der Waals surface area contributed by atoms with Crippen molar-refractivity contribution in [1.29, 1.82) is 0 Å². The highest BCUT2D eigenvalue weighted by molar-refractivity contribution is 9.10. The third kappa shape index (κ3) is 4.86. The number of anilines is 1. The molecule has 1 N–H and O–H groups in total. The Hall–Kier alpha value is -2.50. The van der Waals surface area contributed by atoms with Crippen molar-refractivity contribution in [2.45, 2.75) is 13.5 Å². The lowest BCUT2D eigenvalue weighted by molar-refractivity contribution is 0.102. The SMILES string of the molecule is COc1cc(C(=O)Nc2ccc(Br)c(C)c2)cc(Cl)c1OCc1ccccc1. The second-order valence-electron chi connectivity index (χ2n) is 6.18. The van der Waals surface area contributed by atoms with Crippen LogP contribution < -0.4 is 14.8 Å². The second kappa shape index (κ2) is 9.13. The fourth-order valence-electron chi connectivity index (χ4n) is 2.65. The Morgan fingerprint density at radius 3 is 2.54 bits per heavy atom. The number of rotatable bonds is 6. The van der Waals surface area contributed by atoms with E-state index in [1.54, 1.807) is 12.1 Å². The fraction of sp³-hybridized carbons (Fsp3) is 0.136. The van der Waals surface area contributed by atoms with Gasteiger partial charge in [0, 0.05) is 15.7 Å². The molecule has 3 aromatic carbocycles. The molecule has 0 aromatic heterocycles. The first-order valence-electron chi connectivity index (χ1n) is 8.59. The maximum Gasteiger partial charge on any atom is 0.255 e. The van der Waals surface area contributed by atoms with E-state index in [1.807, 2.05) is 55.5 Å². The van der Waals surface area contributed by atoms with Gasteiger partial charge in [-0.2, -0.15) is 0 Å². The van der Waals surface area contributed by atoms with Crippen LogP contribution in [0.25, 0.3) is 0 Å². The van der Waals surface area contributed by atoms with Crippen LogP contribution in [0, 0.1) is 6.92 Å². The summed E-state index contributed by atoms with van der Waals surface area (Å²) in [5.41, 5.74) is 3.12. The first-order valence-corrected chi connectivity index (χ1v) is 9.77. The van der Waals surface area contributed by atoms with Gasteiger partial charge in [-0.15, -0.1) is 0 Å². The minimum Gasteiger partial charge on any atom is -0.493 e. The van der Waals surface area contributed by atoms with Gasteiger partial charge in [-0.1, -0.05) is 57.9 Å². The predicted octanol–water partition coefficient (Wildman–Crippen LogP) is 6.25. The molecule has 0 radical (unpaired) electrons. The Morgan fingerprint density at radius 2 is 1.86 bits per heavy atom. The molecule has 0 aliphatic rings. The molecule has 0 atom stereocenters. The van der Waals surface area contributed by atoms with Gasteiger partial charge >= 0.3 is 0 Å². The van der Waals surface area contributed by atoms with Gasteiger partial charge in [-0.3, -0.25) is 4.79 Å². The summed E-state index contributed by atoms with van der Waals surface area (Å²) in [6, 6.07) is 18.5. The van der Waals surface area contributed by atoms with Crippen LogP contribution in [0.2, 0.25) is 5.02 Å². The molecule has 0 unspecified atom stereocenters. The molecule has 4 nitrogen and oxygen atoms in total. The van der Waals surface area contributed by atoms with Gasteiger partial charge in [0.2, 0.25) is 0 Å². The van der Waals surface area contributed by atoms with Gasteiger partial charge in [0.05, 0.1) is 12.1 Å². The molecule has 3 aromatic rings. The van der Waals surface area contributed by atoms with E-state index in [9.17, 15) is 4.79 Å². The quantitative estimate of drug-likeness (QED) is 0.473. The van der Waals surface area contributed by atoms with Crippen molar-refractivity contribution in [3.05, 3.63) is 86.8 Å². The van der Waals surface area contributed by atoms with Gasteiger partial charge in [0.1, 0.15) is 6.61 Å². The van der Waals surface area contributed by atoms with Gasteiger partial charge in [-0.25, -0.2) is 0 Å². The van der Waals surface area contributed by atoms with Crippen molar-refractivity contribution in [3.8, 4) is 11.5 Å². The third-order valence-electron chi connectivity index (χ3n) is 4.13. The van der Waals surface area contributed by atoms with E-state index in [1.165, 1.54) is 7.11 Å². The van der Waals surface area contributed by atoms with Crippen LogP contribution in [0.5, 0.6) is 11.5 Å². The van der Waals surface area contributed by atoms with Gasteiger partial charge < -0.3 is 14.8 Å². The number of ether oxygens (including phenoxy) is 2. The fourth-order valence-corrected chi connectivity index (χ4v) is 3.16. The summed E-state index contributed by atoms with van der Waals surface area (Å²) >= 11 is 9.83. The summed E-state index contributed by atoms with van der Waals surface area (Å²) in [4.78, 5) is 12.6. The number of carbonyl (C=O) groups is 1. The average Bonchev–Trinajstić information content (AvgIpc) is 2.70. The first kappa shape index (κ1) is 20.2. The van der Waals surface area contributed by atoms with Crippen molar-refractivity contribution in [2.24, 2.45) is 0 Å². The summed E-state index contributed by atoms with van der Waals surface area (Å²) in [6.07, 6.45) is 0. The first-order chi connectivity index (χ1) is 13.5. The lowest BCUT2D eigenvalue weighted by atomic mass is 10.1. The zero-order valence-electron chi connectivity index (χ0n) is 15.5. The van der Waals surface area contributed by atoms with E-state index in [2.05, 4.69) is 21.2 Å². The number of methoxy groups -OCH3 is 1. The molecule has 0 heterocycles. The van der Waals surface area contributed by atoms with Gasteiger partial charge in [0.25, 0.3) is 5.91 Å². The molecule has 28 heavy (non-hydrogen) atoms. The Labute approximate surface area is 177 Å². The standard InChI is InChI=1S/C22H19BrClNO3/c1-14-10-17(8-9-18(14)23)25-22(26)16-11-19(24)21(20(12-16)27-2)28-13-15-6-4-3-5-7-15/h3-12H,13H2,1-2H3,(H,25,26). The summed E-state index contributed by atoms with van der Waals surface area (Å²) in [5, 5.41) is 3.18. The molecule has 0 saturated carbocycles. The van der Waals surface area contributed by atoms with Crippen molar-refractivity contribution in [2.75, 3.05) is 12.4 Å². The molecular weight excluding hydrogens is 442 g/mol. The number of nitrogens with one attached hydrogen (secondary N) is 1. The molecule has 0 aliphatic carbocycles. The smallest absolute Gasteiger partial charge is 0.255 e. The lowest BCUT2D eigenvalue weighted by Gasteiger charge is -2.14. The second-order valence-corrected chi connectivity index (χ2v) is 7.44. The van der Waals surface area contributed by atoms with Gasteiger partial charge in [0.15, 0.2) is 11.5 Å². The van der Waals surface area contributed by atoms with Crippen molar-refractivity contribution in [1.82, 2.24) is 0 Å². The predicted molar refractivity (Wildman–Crippen MR) is 116 cm³/mol. The minimum atomic E-state index is -0.281. The number of amides is 1. The topological polar surface area (TPSA) is 47.6 Å². The third-order valence-corrected chi connectivity index (χ3v) is 5.30. The highest BCUT2D eigenvalue weighted by Crippen LogP contribution is 2.37. The zero-order chi connectivity index (χ0) is 20.1. The van der Waals surface area contributed by atoms with Gasteiger partial charge in [-0.05, 0) is 48.4 Å². The summed E-state index contributed by atoms with van der Waals surface area (Å²) in [7, 11) is 1.51. The number of aryl methyl sites for hydroxylation is 1. The van der Waals surface area contributed by atoms with E-state index in [-0.39, 0.29) is 5.91 Å². The molecule has 3 rings (SSSR count). The average molecular weight is 461 g/mol. The number of benzene rings is 3. The van der Waals surface area contributed by atoms with Crippen molar-refractivity contribution in [3.63, 3.8) is 0 Å². The van der Waals surface area contributed by atoms with E-state index < -0.39 is 0 Å². The minimum absolute atomic E-state index is 0.281. The van der Waals surface area contributed by atoms with Crippen LogP contribution in [0.1, 0.15) is 21.5 Å². The highest BCUT2D eigenvalue weighted by atomic mass is 79.9. The Bertz CT molecular complexity index is 993. The molecule has 144 valence electrons. The van der Waals surface area contributed by atoms with E-state index in [0.29, 0.717) is 34.4 Å². The molecule has 0 aliphatic heterocycles. The maximum absolute atomic E-state index is 12.6. The Morgan fingerprint density at radius 1 is 1.11 bits per heavy atom. The van der Waals surface area contributed by atoms with Crippen LogP contribution in [0.15, 0.2) is 65.1 Å².